The van der Waals surface area contributed by atoms with Gasteiger partial charge in [0.05, 0.1) is 0 Å². The van der Waals surface area contributed by atoms with Crippen molar-refractivity contribution in [3.63, 3.8) is 0 Å². The lowest BCUT2D eigenvalue weighted by molar-refractivity contribution is 0.554. The van der Waals surface area contributed by atoms with E-state index in [1.165, 1.54) is 25.7 Å². The summed E-state index contributed by atoms with van der Waals surface area (Å²) in [5, 5.41) is 0.0776. The highest BCUT2D eigenvalue weighted by molar-refractivity contribution is 6.67. The molecule has 116 valence electrons. The Hall–Kier alpha value is 1.74. The normalized spacial score (nSPS) is 15.5. The molecule has 0 radical (unpaired) electrons. The Balaban J connectivity index is 3.27. The summed E-state index contributed by atoms with van der Waals surface area (Å²) in [5.74, 6) is 0.544. The lowest BCUT2D eigenvalue weighted by Crippen LogP contribution is -2.11. The number of alkyl halides is 6. The molecule has 0 aliphatic rings. The van der Waals surface area contributed by atoms with Gasteiger partial charge in [-0.15, -0.1) is 34.8 Å². The van der Waals surface area contributed by atoms with Crippen LogP contribution in [0.15, 0.2) is 0 Å². The molecule has 0 spiro atoms. The van der Waals surface area contributed by atoms with E-state index in [0.29, 0.717) is 12.3 Å². The maximum absolute atomic E-state index is 6.10. The first-order valence-electron chi connectivity index (χ1n) is 6.76. The van der Waals surface area contributed by atoms with E-state index >= 15 is 0 Å². The largest absolute Gasteiger partial charge is 0.192 e. The molecule has 0 rings (SSSR count). The van der Waals surface area contributed by atoms with Crippen molar-refractivity contribution in [2.75, 3.05) is 5.88 Å². The van der Waals surface area contributed by atoms with Crippen LogP contribution in [-0.2, 0) is 0 Å². The van der Waals surface area contributed by atoms with Gasteiger partial charge in [0, 0.05) is 23.1 Å². The van der Waals surface area contributed by atoms with E-state index < -0.39 is 3.79 Å². The van der Waals surface area contributed by atoms with E-state index in [2.05, 4.69) is 0 Å². The molecule has 0 aromatic heterocycles. The summed E-state index contributed by atoms with van der Waals surface area (Å²) in [6.07, 6.45) is 9.45. The third kappa shape index (κ3) is 15.9. The second-order valence-corrected chi connectivity index (χ2v) is 8.93. The van der Waals surface area contributed by atoms with Crippen LogP contribution in [-0.4, -0.2) is 20.4 Å². The first kappa shape index (κ1) is 20.7. The smallest absolute Gasteiger partial charge is 0.125 e. The van der Waals surface area contributed by atoms with Crippen molar-refractivity contribution in [2.24, 2.45) is 0 Å². The third-order valence-electron chi connectivity index (χ3n) is 2.91. The minimum absolute atomic E-state index is 0.0479. The van der Waals surface area contributed by atoms with Crippen LogP contribution in [0.2, 0.25) is 0 Å². The van der Waals surface area contributed by atoms with Gasteiger partial charge in [-0.05, 0) is 12.8 Å². The van der Waals surface area contributed by atoms with E-state index in [9.17, 15) is 0 Å². The molecule has 6 heteroatoms. The van der Waals surface area contributed by atoms with Gasteiger partial charge in [0.25, 0.3) is 0 Å². The fourth-order valence-corrected chi connectivity index (χ4v) is 3.36. The SMILES string of the molecule is ClC[C@@H](Cl)CCCCCCCC[C@@H](Cl)CC(Cl)(Cl)Cl. The van der Waals surface area contributed by atoms with Gasteiger partial charge in [-0.25, -0.2) is 0 Å². The molecule has 0 fully saturated rings. The summed E-state index contributed by atoms with van der Waals surface area (Å²) in [4.78, 5) is 0. The van der Waals surface area contributed by atoms with E-state index in [4.69, 9.17) is 69.6 Å². The second kappa shape index (κ2) is 12.3. The van der Waals surface area contributed by atoms with Gasteiger partial charge >= 0.3 is 0 Å². The van der Waals surface area contributed by atoms with Gasteiger partial charge in [0.1, 0.15) is 0 Å². The molecular weight excluding hydrogens is 369 g/mol. The van der Waals surface area contributed by atoms with Gasteiger partial charge in [-0.2, -0.15) is 0 Å². The Labute approximate surface area is 147 Å². The zero-order valence-electron chi connectivity index (χ0n) is 11.0. The number of hydrogen-bond acceptors (Lipinski definition) is 0. The predicted molar refractivity (Wildman–Crippen MR) is 91.8 cm³/mol. The molecule has 19 heavy (non-hydrogen) atoms. The van der Waals surface area contributed by atoms with Crippen LogP contribution >= 0.6 is 69.6 Å². The molecule has 0 saturated carbocycles. The Morgan fingerprint density at radius 1 is 0.684 bits per heavy atom. The number of rotatable bonds is 11. The molecule has 0 N–H and O–H groups in total. The molecule has 2 atom stereocenters. The Kier molecular flexibility index (Phi) is 13.4. The molecule has 0 unspecified atom stereocenters. The average molecular weight is 391 g/mol. The monoisotopic (exact) mass is 388 g/mol. The highest BCUT2D eigenvalue weighted by atomic mass is 35.6. The van der Waals surface area contributed by atoms with Crippen LogP contribution in [0.3, 0.4) is 0 Å². The fourth-order valence-electron chi connectivity index (χ4n) is 1.87. The van der Waals surface area contributed by atoms with E-state index in [1.54, 1.807) is 0 Å². The Morgan fingerprint density at radius 3 is 1.53 bits per heavy atom. The summed E-state index contributed by atoms with van der Waals surface area (Å²) < 4.78 is -1.23. The quantitative estimate of drug-likeness (QED) is 0.256. The van der Waals surface area contributed by atoms with Crippen molar-refractivity contribution in [2.45, 2.75) is 72.3 Å². The zero-order chi connectivity index (χ0) is 14.7. The number of halogens is 6. The molecule has 0 nitrogen and oxygen atoms in total. The molecule has 0 aromatic carbocycles. The van der Waals surface area contributed by atoms with Crippen molar-refractivity contribution >= 4 is 69.6 Å². The van der Waals surface area contributed by atoms with Crippen molar-refractivity contribution in [3.05, 3.63) is 0 Å². The number of hydrogen-bond donors (Lipinski definition) is 0. The lowest BCUT2D eigenvalue weighted by Gasteiger charge is -2.15. The van der Waals surface area contributed by atoms with Crippen molar-refractivity contribution in [3.8, 4) is 0 Å². The van der Waals surface area contributed by atoms with Crippen LogP contribution in [0.4, 0.5) is 0 Å². The standard InChI is InChI=1S/C13H22Cl6/c14-10-12(16)8-6-4-2-1-3-5-7-11(15)9-13(17,18)19/h11-12H,1-10H2/t11-,12+/m1/s1. The summed E-state index contributed by atoms with van der Waals surface area (Å²) in [7, 11) is 0. The first-order chi connectivity index (χ1) is 8.85. The molecule has 0 amide bonds. The Bertz CT molecular complexity index is 204. The summed E-state index contributed by atoms with van der Waals surface area (Å²) in [5.41, 5.74) is 0. The minimum Gasteiger partial charge on any atom is -0.125 e. The first-order valence-corrected chi connectivity index (χ1v) is 9.30. The van der Waals surface area contributed by atoms with Crippen molar-refractivity contribution in [1.82, 2.24) is 0 Å². The van der Waals surface area contributed by atoms with Crippen LogP contribution in [0.1, 0.15) is 57.8 Å². The maximum atomic E-state index is 6.10. The van der Waals surface area contributed by atoms with Crippen LogP contribution in [0.5, 0.6) is 0 Å². The zero-order valence-corrected chi connectivity index (χ0v) is 15.5. The minimum atomic E-state index is -1.23. The molecular formula is C13H22Cl6. The molecule has 0 heterocycles. The average Bonchev–Trinajstić information content (AvgIpc) is 2.29. The van der Waals surface area contributed by atoms with Gasteiger partial charge < -0.3 is 0 Å². The van der Waals surface area contributed by atoms with Gasteiger partial charge in [0.2, 0.25) is 0 Å². The Morgan fingerprint density at radius 2 is 1.11 bits per heavy atom. The molecule has 0 saturated heterocycles. The highest BCUT2D eigenvalue weighted by Gasteiger charge is 2.23. The summed E-state index contributed by atoms with van der Waals surface area (Å²) >= 11 is 34.7. The van der Waals surface area contributed by atoms with E-state index in [1.807, 2.05) is 0 Å². The lowest BCUT2D eigenvalue weighted by atomic mass is 10.1. The van der Waals surface area contributed by atoms with Gasteiger partial charge in [-0.3, -0.25) is 0 Å². The van der Waals surface area contributed by atoms with E-state index in [0.717, 1.165) is 25.7 Å². The molecule has 0 aromatic rings. The van der Waals surface area contributed by atoms with Gasteiger partial charge in [-0.1, -0.05) is 73.3 Å². The van der Waals surface area contributed by atoms with Crippen LogP contribution < -0.4 is 0 Å². The summed E-state index contributed by atoms with van der Waals surface area (Å²) in [6, 6.07) is 0. The predicted octanol–water partition coefficient (Wildman–Crippen LogP) is 7.32. The third-order valence-corrected chi connectivity index (χ3v) is 4.64. The second-order valence-electron chi connectivity index (χ2n) is 4.87. The van der Waals surface area contributed by atoms with Crippen molar-refractivity contribution in [1.29, 1.82) is 0 Å². The van der Waals surface area contributed by atoms with E-state index in [-0.39, 0.29) is 10.8 Å². The van der Waals surface area contributed by atoms with Crippen LogP contribution in [0, 0.1) is 0 Å². The molecule has 0 aliphatic carbocycles. The van der Waals surface area contributed by atoms with Crippen molar-refractivity contribution < 1.29 is 0 Å². The number of unbranched alkanes of at least 4 members (excludes halogenated alkanes) is 5. The van der Waals surface area contributed by atoms with Crippen LogP contribution in [0.25, 0.3) is 0 Å². The highest BCUT2D eigenvalue weighted by Crippen LogP contribution is 2.34. The molecule has 0 aliphatic heterocycles. The topological polar surface area (TPSA) is 0 Å². The molecule has 0 bridgehead atoms. The maximum Gasteiger partial charge on any atom is 0.192 e. The van der Waals surface area contributed by atoms with Gasteiger partial charge in [0.15, 0.2) is 3.79 Å². The fraction of sp³-hybridized carbons (Fsp3) is 1.00. The summed E-state index contributed by atoms with van der Waals surface area (Å²) in [6.45, 7) is 0.